The van der Waals surface area contributed by atoms with Crippen LogP contribution in [0.4, 0.5) is 5.69 Å². The molecule has 104 valence electrons. The molecule has 1 heterocycles. The van der Waals surface area contributed by atoms with Gasteiger partial charge in [0.2, 0.25) is 0 Å². The van der Waals surface area contributed by atoms with Crippen LogP contribution in [0.15, 0.2) is 22.7 Å². The van der Waals surface area contributed by atoms with Crippen molar-refractivity contribution in [3.63, 3.8) is 0 Å². The lowest BCUT2D eigenvalue weighted by molar-refractivity contribution is -0.386. The highest BCUT2D eigenvalue weighted by atomic mass is 79.9. The van der Waals surface area contributed by atoms with Gasteiger partial charge in [-0.05, 0) is 38.6 Å². The van der Waals surface area contributed by atoms with E-state index in [1.165, 1.54) is 6.07 Å². The average molecular weight is 329 g/mol. The number of hydrogen-bond donors (Lipinski definition) is 0. The van der Waals surface area contributed by atoms with Gasteiger partial charge in [0.05, 0.1) is 11.5 Å². The summed E-state index contributed by atoms with van der Waals surface area (Å²) in [6.45, 7) is 2.64. The van der Waals surface area contributed by atoms with E-state index >= 15 is 0 Å². The first-order chi connectivity index (χ1) is 9.06. The molecule has 2 rings (SSSR count). The van der Waals surface area contributed by atoms with Crippen LogP contribution < -0.4 is 4.74 Å². The van der Waals surface area contributed by atoms with Gasteiger partial charge in [0.15, 0.2) is 5.75 Å². The van der Waals surface area contributed by atoms with Crippen molar-refractivity contribution in [1.29, 1.82) is 0 Å². The van der Waals surface area contributed by atoms with Crippen LogP contribution in [0.2, 0.25) is 0 Å². The molecule has 0 aliphatic carbocycles. The summed E-state index contributed by atoms with van der Waals surface area (Å²) < 4.78 is 6.34. The Morgan fingerprint density at radius 3 is 3.05 bits per heavy atom. The zero-order valence-corrected chi connectivity index (χ0v) is 12.4. The fraction of sp³-hybridized carbons (Fsp3) is 0.538. The Kier molecular flexibility index (Phi) is 4.76. The van der Waals surface area contributed by atoms with Gasteiger partial charge in [0, 0.05) is 23.0 Å². The molecule has 6 heteroatoms. The van der Waals surface area contributed by atoms with Crippen LogP contribution in [-0.4, -0.2) is 36.6 Å². The molecule has 0 aromatic heterocycles. The molecule has 0 N–H and O–H groups in total. The van der Waals surface area contributed by atoms with Crippen LogP contribution in [0.5, 0.6) is 5.75 Å². The van der Waals surface area contributed by atoms with E-state index in [0.29, 0.717) is 22.7 Å². The number of likely N-dealkylation sites (tertiary alicyclic amines) is 1. The molecule has 1 fully saturated rings. The molecular weight excluding hydrogens is 312 g/mol. The van der Waals surface area contributed by atoms with Gasteiger partial charge in [0.25, 0.3) is 0 Å². The SMILES string of the molecule is CN1CCCC(COc2ccc(Br)cc2[N+](=O)[O-])C1. The quantitative estimate of drug-likeness (QED) is 0.629. The Labute approximate surface area is 120 Å². The Bertz CT molecular complexity index is 467. The third-order valence-electron chi connectivity index (χ3n) is 3.31. The number of nitro benzene ring substituents is 1. The second kappa shape index (κ2) is 6.34. The van der Waals surface area contributed by atoms with Gasteiger partial charge in [-0.2, -0.15) is 0 Å². The number of rotatable bonds is 4. The molecule has 0 bridgehead atoms. The van der Waals surface area contributed by atoms with Gasteiger partial charge in [-0.3, -0.25) is 10.1 Å². The molecule has 1 aliphatic heterocycles. The van der Waals surface area contributed by atoms with E-state index < -0.39 is 4.92 Å². The van der Waals surface area contributed by atoms with Gasteiger partial charge in [-0.15, -0.1) is 0 Å². The number of hydrogen-bond acceptors (Lipinski definition) is 4. The summed E-state index contributed by atoms with van der Waals surface area (Å²) in [6, 6.07) is 4.88. The molecule has 1 atom stereocenters. The lowest BCUT2D eigenvalue weighted by Gasteiger charge is -2.29. The topological polar surface area (TPSA) is 55.6 Å². The standard InChI is InChI=1S/C13H17BrN2O3/c1-15-6-2-3-10(8-15)9-19-13-5-4-11(14)7-12(13)16(17)18/h4-5,7,10H,2-3,6,8-9H2,1H3. The lowest BCUT2D eigenvalue weighted by Crippen LogP contribution is -2.34. The van der Waals surface area contributed by atoms with E-state index in [1.54, 1.807) is 12.1 Å². The molecule has 0 spiro atoms. The zero-order valence-electron chi connectivity index (χ0n) is 10.8. The van der Waals surface area contributed by atoms with E-state index in [2.05, 4.69) is 27.9 Å². The van der Waals surface area contributed by atoms with Gasteiger partial charge in [0.1, 0.15) is 0 Å². The minimum absolute atomic E-state index is 0.0125. The number of ether oxygens (including phenoxy) is 1. The number of piperidine rings is 1. The molecule has 0 radical (unpaired) electrons. The van der Waals surface area contributed by atoms with Crippen molar-refractivity contribution in [2.75, 3.05) is 26.7 Å². The van der Waals surface area contributed by atoms with Crippen molar-refractivity contribution < 1.29 is 9.66 Å². The third-order valence-corrected chi connectivity index (χ3v) is 3.81. The normalized spacial score (nSPS) is 20.2. The van der Waals surface area contributed by atoms with Crippen molar-refractivity contribution in [2.45, 2.75) is 12.8 Å². The molecule has 5 nitrogen and oxygen atoms in total. The molecule has 1 saturated heterocycles. The van der Waals surface area contributed by atoms with Gasteiger partial charge in [-0.25, -0.2) is 0 Å². The fourth-order valence-corrected chi connectivity index (χ4v) is 2.72. The highest BCUT2D eigenvalue weighted by molar-refractivity contribution is 9.10. The van der Waals surface area contributed by atoms with E-state index in [1.807, 2.05) is 0 Å². The highest BCUT2D eigenvalue weighted by Gasteiger charge is 2.20. The zero-order chi connectivity index (χ0) is 13.8. The van der Waals surface area contributed by atoms with Crippen LogP contribution in [0.3, 0.4) is 0 Å². The van der Waals surface area contributed by atoms with Crippen molar-refractivity contribution in [1.82, 2.24) is 4.90 Å². The molecule has 1 aliphatic rings. The summed E-state index contributed by atoms with van der Waals surface area (Å²) in [4.78, 5) is 12.8. The molecule has 0 amide bonds. The minimum atomic E-state index is -0.410. The fourth-order valence-electron chi connectivity index (χ4n) is 2.37. The maximum absolute atomic E-state index is 11.0. The average Bonchev–Trinajstić information content (AvgIpc) is 2.37. The van der Waals surface area contributed by atoms with E-state index in [-0.39, 0.29) is 5.69 Å². The number of halogens is 1. The molecule has 19 heavy (non-hydrogen) atoms. The second-order valence-electron chi connectivity index (χ2n) is 4.95. The Balaban J connectivity index is 2.01. The second-order valence-corrected chi connectivity index (χ2v) is 5.87. The van der Waals surface area contributed by atoms with Crippen LogP contribution in [0.1, 0.15) is 12.8 Å². The number of nitrogens with zero attached hydrogens (tertiary/aromatic N) is 2. The Morgan fingerprint density at radius 2 is 2.37 bits per heavy atom. The van der Waals surface area contributed by atoms with Gasteiger partial charge < -0.3 is 9.64 Å². The minimum Gasteiger partial charge on any atom is -0.486 e. The molecule has 1 aromatic rings. The van der Waals surface area contributed by atoms with Gasteiger partial charge >= 0.3 is 5.69 Å². The third kappa shape index (κ3) is 3.91. The highest BCUT2D eigenvalue weighted by Crippen LogP contribution is 2.30. The summed E-state index contributed by atoms with van der Waals surface area (Å²) in [5.74, 6) is 0.795. The molecule has 0 saturated carbocycles. The van der Waals surface area contributed by atoms with Crippen molar-refractivity contribution in [3.05, 3.63) is 32.8 Å². The number of nitro groups is 1. The first-order valence-corrected chi connectivity index (χ1v) is 7.11. The summed E-state index contributed by atoms with van der Waals surface area (Å²) >= 11 is 3.23. The Morgan fingerprint density at radius 1 is 1.58 bits per heavy atom. The van der Waals surface area contributed by atoms with Crippen LogP contribution in [0.25, 0.3) is 0 Å². The molecule has 1 unspecified atom stereocenters. The van der Waals surface area contributed by atoms with Crippen LogP contribution >= 0.6 is 15.9 Å². The van der Waals surface area contributed by atoms with Gasteiger partial charge in [-0.1, -0.05) is 15.9 Å². The Hall–Kier alpha value is -1.14. The monoisotopic (exact) mass is 328 g/mol. The van der Waals surface area contributed by atoms with E-state index in [4.69, 9.17) is 4.74 Å². The van der Waals surface area contributed by atoms with Crippen LogP contribution in [-0.2, 0) is 0 Å². The summed E-state index contributed by atoms with van der Waals surface area (Å²) in [6.07, 6.45) is 2.28. The van der Waals surface area contributed by atoms with Crippen molar-refractivity contribution >= 4 is 21.6 Å². The van der Waals surface area contributed by atoms with Crippen LogP contribution in [0, 0.1) is 16.0 Å². The first-order valence-electron chi connectivity index (χ1n) is 6.31. The first kappa shape index (κ1) is 14.3. The van der Waals surface area contributed by atoms with Crippen molar-refractivity contribution in [3.8, 4) is 5.75 Å². The van der Waals surface area contributed by atoms with E-state index in [0.717, 1.165) is 25.9 Å². The maximum Gasteiger partial charge on any atom is 0.312 e. The summed E-state index contributed by atoms with van der Waals surface area (Å²) in [5, 5.41) is 11.0. The summed E-state index contributed by atoms with van der Waals surface area (Å²) in [7, 11) is 2.09. The van der Waals surface area contributed by atoms with Crippen molar-refractivity contribution in [2.24, 2.45) is 5.92 Å². The predicted octanol–water partition coefficient (Wildman–Crippen LogP) is 3.08. The molecular formula is C13H17BrN2O3. The largest absolute Gasteiger partial charge is 0.486 e. The smallest absolute Gasteiger partial charge is 0.312 e. The van der Waals surface area contributed by atoms with E-state index in [9.17, 15) is 10.1 Å². The maximum atomic E-state index is 11.0. The summed E-state index contributed by atoms with van der Waals surface area (Å²) in [5.41, 5.74) is 0.0125. The molecule has 1 aromatic carbocycles. The number of benzene rings is 1. The predicted molar refractivity (Wildman–Crippen MR) is 76.5 cm³/mol. The lowest BCUT2D eigenvalue weighted by atomic mass is 10.00.